The molecule has 0 amide bonds. The van der Waals surface area contributed by atoms with Gasteiger partial charge in [0, 0.05) is 15.8 Å². The van der Waals surface area contributed by atoms with E-state index in [0.29, 0.717) is 15.8 Å². The highest BCUT2D eigenvalue weighted by molar-refractivity contribution is 8.11. The number of hydrogen-bond acceptors (Lipinski definition) is 2. The lowest BCUT2D eigenvalue weighted by molar-refractivity contribution is 0.570. The number of halogens is 2. The van der Waals surface area contributed by atoms with Crippen LogP contribution >= 0.6 is 35.0 Å². The van der Waals surface area contributed by atoms with Crippen molar-refractivity contribution in [2.75, 3.05) is 0 Å². The van der Waals surface area contributed by atoms with Gasteiger partial charge in [0.15, 0.2) is 5.62 Å². The van der Waals surface area contributed by atoms with Gasteiger partial charge in [0.05, 0.1) is 0 Å². The summed E-state index contributed by atoms with van der Waals surface area (Å²) < 4.78 is 0. The van der Waals surface area contributed by atoms with Crippen molar-refractivity contribution in [3.63, 3.8) is 0 Å². The van der Waals surface area contributed by atoms with Gasteiger partial charge in [-0.2, -0.15) is 0 Å². The highest BCUT2D eigenvalue weighted by atomic mass is 35.5. The summed E-state index contributed by atoms with van der Waals surface area (Å²) >= 11 is 12.7. The van der Waals surface area contributed by atoms with Gasteiger partial charge in [0.1, 0.15) is 0 Å². The quantitative estimate of drug-likeness (QED) is 0.727. The zero-order valence-electron chi connectivity index (χ0n) is 6.09. The number of rotatable bonds is 3. The predicted molar refractivity (Wildman–Crippen MR) is 54.5 cm³/mol. The number of carbonyl (C=O) groups excluding carboxylic acids is 1. The molecule has 0 radical (unpaired) electrons. The summed E-state index contributed by atoms with van der Waals surface area (Å²) in [7, 11) is 0. The monoisotopic (exact) mass is 220 g/mol. The fourth-order valence-corrected chi connectivity index (χ4v) is 1.82. The van der Waals surface area contributed by atoms with E-state index in [-0.39, 0.29) is 0 Å². The normalized spacial score (nSPS) is 9.83. The van der Waals surface area contributed by atoms with E-state index in [0.717, 1.165) is 11.2 Å². The van der Waals surface area contributed by atoms with Crippen LogP contribution < -0.4 is 0 Å². The Morgan fingerprint density at radius 3 is 2.75 bits per heavy atom. The van der Waals surface area contributed by atoms with Crippen LogP contribution in [0.15, 0.2) is 18.2 Å². The molecule has 0 spiro atoms. The van der Waals surface area contributed by atoms with Crippen LogP contribution in [0.25, 0.3) is 0 Å². The molecule has 0 atom stereocenters. The van der Waals surface area contributed by atoms with Crippen LogP contribution in [-0.4, -0.2) is 5.62 Å². The maximum absolute atomic E-state index is 10.1. The summed E-state index contributed by atoms with van der Waals surface area (Å²) in [6, 6.07) is 5.25. The molecule has 0 N–H and O–H groups in total. The molecule has 0 saturated heterocycles. The minimum atomic E-state index is 0.597. The number of thioether (sulfide) groups is 1. The van der Waals surface area contributed by atoms with Gasteiger partial charge in [-0.15, -0.1) is 0 Å². The van der Waals surface area contributed by atoms with E-state index in [4.69, 9.17) is 23.2 Å². The van der Waals surface area contributed by atoms with E-state index < -0.39 is 0 Å². The van der Waals surface area contributed by atoms with E-state index in [9.17, 15) is 4.79 Å². The first kappa shape index (κ1) is 9.90. The molecule has 0 aromatic heterocycles. The third kappa shape index (κ3) is 2.70. The molecule has 12 heavy (non-hydrogen) atoms. The van der Waals surface area contributed by atoms with E-state index >= 15 is 0 Å². The SMILES string of the molecule is O=CSCc1ccc(Cl)cc1Cl. The molecule has 0 bridgehead atoms. The Hall–Kier alpha value is -0.180. The molecule has 1 aromatic rings. The van der Waals surface area contributed by atoms with Crippen molar-refractivity contribution in [1.29, 1.82) is 0 Å². The van der Waals surface area contributed by atoms with Crippen molar-refractivity contribution < 1.29 is 4.79 Å². The third-order valence-corrected chi connectivity index (χ3v) is 2.52. The zero-order valence-corrected chi connectivity index (χ0v) is 8.42. The Bertz CT molecular complexity index is 288. The number of hydrogen-bond donors (Lipinski definition) is 0. The van der Waals surface area contributed by atoms with Crippen molar-refractivity contribution in [1.82, 2.24) is 0 Å². The van der Waals surface area contributed by atoms with Gasteiger partial charge >= 0.3 is 0 Å². The van der Waals surface area contributed by atoms with E-state index in [2.05, 4.69) is 0 Å². The van der Waals surface area contributed by atoms with Gasteiger partial charge in [0.25, 0.3) is 0 Å². The molecular weight excluding hydrogens is 215 g/mol. The van der Waals surface area contributed by atoms with Crippen molar-refractivity contribution in [3.8, 4) is 0 Å². The van der Waals surface area contributed by atoms with Crippen LogP contribution in [0.5, 0.6) is 0 Å². The zero-order chi connectivity index (χ0) is 8.97. The molecule has 0 unspecified atom stereocenters. The Kier molecular flexibility index (Phi) is 3.92. The first-order chi connectivity index (χ1) is 5.74. The molecule has 0 fully saturated rings. The van der Waals surface area contributed by atoms with E-state index in [1.165, 1.54) is 11.8 Å². The first-order valence-electron chi connectivity index (χ1n) is 3.23. The van der Waals surface area contributed by atoms with Crippen LogP contribution in [0.1, 0.15) is 5.56 Å². The van der Waals surface area contributed by atoms with E-state index in [1.807, 2.05) is 6.07 Å². The second-order valence-electron chi connectivity index (χ2n) is 2.14. The summed E-state index contributed by atoms with van der Waals surface area (Å²) in [6.45, 7) is 0. The van der Waals surface area contributed by atoms with Crippen LogP contribution in [0.3, 0.4) is 0 Å². The molecule has 0 aliphatic heterocycles. The van der Waals surface area contributed by atoms with Crippen molar-refractivity contribution >= 4 is 40.6 Å². The lowest BCUT2D eigenvalue weighted by Gasteiger charge is -2.00. The van der Waals surface area contributed by atoms with Crippen molar-refractivity contribution in [3.05, 3.63) is 33.8 Å². The van der Waals surface area contributed by atoms with Crippen LogP contribution in [0, 0.1) is 0 Å². The molecule has 0 aliphatic rings. The second kappa shape index (κ2) is 4.75. The average molecular weight is 221 g/mol. The first-order valence-corrected chi connectivity index (χ1v) is 5.03. The van der Waals surface area contributed by atoms with Crippen molar-refractivity contribution in [2.24, 2.45) is 0 Å². The molecule has 0 heterocycles. The highest BCUT2D eigenvalue weighted by Crippen LogP contribution is 2.23. The smallest absolute Gasteiger partial charge is 0.176 e. The number of carbonyl (C=O) groups is 1. The van der Waals surface area contributed by atoms with E-state index in [1.54, 1.807) is 12.1 Å². The summed E-state index contributed by atoms with van der Waals surface area (Å²) in [5.74, 6) is 0.597. The molecule has 4 heteroatoms. The van der Waals surface area contributed by atoms with Crippen LogP contribution in [0.4, 0.5) is 0 Å². The van der Waals surface area contributed by atoms with Crippen molar-refractivity contribution in [2.45, 2.75) is 5.75 Å². The lowest BCUT2D eigenvalue weighted by Crippen LogP contribution is -1.81. The fourth-order valence-electron chi connectivity index (χ4n) is 0.763. The number of benzene rings is 1. The Morgan fingerprint density at radius 1 is 1.42 bits per heavy atom. The minimum Gasteiger partial charge on any atom is -0.291 e. The molecule has 1 rings (SSSR count). The Morgan fingerprint density at radius 2 is 2.17 bits per heavy atom. The van der Waals surface area contributed by atoms with Gasteiger partial charge in [-0.1, -0.05) is 41.0 Å². The lowest BCUT2D eigenvalue weighted by atomic mass is 10.2. The average Bonchev–Trinajstić information content (AvgIpc) is 2.03. The van der Waals surface area contributed by atoms with Crippen LogP contribution in [-0.2, 0) is 10.5 Å². The summed E-state index contributed by atoms with van der Waals surface area (Å²) in [5, 5.41) is 1.22. The molecule has 0 aliphatic carbocycles. The van der Waals surface area contributed by atoms with Gasteiger partial charge in [-0.05, 0) is 17.7 Å². The van der Waals surface area contributed by atoms with Gasteiger partial charge < -0.3 is 0 Å². The Labute approximate surface area is 85.1 Å². The topological polar surface area (TPSA) is 17.1 Å². The molecule has 1 aromatic carbocycles. The van der Waals surface area contributed by atoms with Gasteiger partial charge in [-0.3, -0.25) is 4.79 Å². The maximum Gasteiger partial charge on any atom is 0.176 e. The largest absolute Gasteiger partial charge is 0.291 e. The fraction of sp³-hybridized carbons (Fsp3) is 0.125. The standard InChI is InChI=1S/C8H6Cl2OS/c9-7-2-1-6(4-12-5-11)8(10)3-7/h1-3,5H,4H2. The Balaban J connectivity index is 2.78. The summed E-state index contributed by atoms with van der Waals surface area (Å²) in [5.41, 5.74) is 1.73. The molecule has 64 valence electrons. The molecule has 1 nitrogen and oxygen atoms in total. The summed E-state index contributed by atoms with van der Waals surface area (Å²) in [6.07, 6.45) is 0. The highest BCUT2D eigenvalue weighted by Gasteiger charge is 2.00. The maximum atomic E-state index is 10.1. The van der Waals surface area contributed by atoms with Gasteiger partial charge in [-0.25, -0.2) is 0 Å². The molecular formula is C8H6Cl2OS. The predicted octanol–water partition coefficient (Wildman–Crippen LogP) is 3.42. The second-order valence-corrected chi connectivity index (χ2v) is 3.80. The third-order valence-electron chi connectivity index (χ3n) is 1.32. The van der Waals surface area contributed by atoms with Crippen LogP contribution in [0.2, 0.25) is 10.0 Å². The van der Waals surface area contributed by atoms with Gasteiger partial charge in [0.2, 0.25) is 0 Å². The minimum absolute atomic E-state index is 0.597. The molecule has 0 saturated carbocycles. The summed E-state index contributed by atoms with van der Waals surface area (Å²) in [4.78, 5) is 10.1.